The molecular formula is C10H17N3O3S. The fraction of sp³-hybridized carbons (Fsp3) is 0.700. The zero-order valence-electron chi connectivity index (χ0n) is 10.2. The van der Waals surface area contributed by atoms with Crippen LogP contribution in [0.5, 0.6) is 0 Å². The summed E-state index contributed by atoms with van der Waals surface area (Å²) in [5.41, 5.74) is -0.0901. The van der Waals surface area contributed by atoms with Crippen LogP contribution in [0.25, 0.3) is 0 Å². The number of carboxylic acids is 1. The molecule has 0 aliphatic rings. The Bertz CT molecular complexity index is 417. The maximum Gasteiger partial charge on any atom is 0.358 e. The van der Waals surface area contributed by atoms with Crippen molar-refractivity contribution in [1.29, 1.82) is 0 Å². The molecule has 1 rings (SSSR count). The maximum atomic E-state index is 11.8. The van der Waals surface area contributed by atoms with Gasteiger partial charge in [-0.05, 0) is 5.92 Å². The lowest BCUT2D eigenvalue weighted by molar-refractivity contribution is 0.0690. The Morgan fingerprint density at radius 1 is 1.53 bits per heavy atom. The number of carbonyl (C=O) groups is 1. The minimum Gasteiger partial charge on any atom is -0.476 e. The average Bonchev–Trinajstić information content (AvgIpc) is 2.73. The van der Waals surface area contributed by atoms with Gasteiger partial charge in [0.1, 0.15) is 0 Å². The van der Waals surface area contributed by atoms with Crippen LogP contribution in [0.1, 0.15) is 31.3 Å². The molecule has 1 N–H and O–H groups in total. The Balaban J connectivity index is 2.50. The van der Waals surface area contributed by atoms with Crippen LogP contribution in [-0.4, -0.2) is 41.3 Å². The molecule has 2 unspecified atom stereocenters. The lowest BCUT2D eigenvalue weighted by atomic mass is 10.2. The normalized spacial score (nSPS) is 14.8. The quantitative estimate of drug-likeness (QED) is 0.815. The molecule has 0 bridgehead atoms. The Morgan fingerprint density at radius 2 is 2.18 bits per heavy atom. The lowest BCUT2D eigenvalue weighted by Gasteiger charge is -2.14. The summed E-state index contributed by atoms with van der Waals surface area (Å²) in [5, 5.41) is 15.9. The molecule has 0 radical (unpaired) electrons. The van der Waals surface area contributed by atoms with E-state index in [1.807, 2.05) is 20.8 Å². The lowest BCUT2D eigenvalue weighted by Crippen LogP contribution is -2.22. The summed E-state index contributed by atoms with van der Waals surface area (Å²) in [6.07, 6.45) is 1.35. The Labute approximate surface area is 102 Å². The van der Waals surface area contributed by atoms with Gasteiger partial charge < -0.3 is 5.11 Å². The van der Waals surface area contributed by atoms with E-state index in [4.69, 9.17) is 5.11 Å². The van der Waals surface area contributed by atoms with Crippen molar-refractivity contribution in [2.24, 2.45) is 5.92 Å². The van der Waals surface area contributed by atoms with Crippen LogP contribution in [0.15, 0.2) is 6.20 Å². The molecule has 0 amide bonds. The molecule has 96 valence electrons. The van der Waals surface area contributed by atoms with Crippen LogP contribution in [0, 0.1) is 5.92 Å². The predicted molar refractivity (Wildman–Crippen MR) is 64.3 cm³/mol. The number of carboxylic acid groups (broad SMARTS) is 1. The van der Waals surface area contributed by atoms with Crippen molar-refractivity contribution in [2.75, 3.05) is 5.75 Å². The molecule has 2 atom stereocenters. The van der Waals surface area contributed by atoms with Crippen LogP contribution in [0.4, 0.5) is 0 Å². The van der Waals surface area contributed by atoms with E-state index in [0.717, 1.165) is 0 Å². The Hall–Kier alpha value is -1.24. The van der Waals surface area contributed by atoms with Gasteiger partial charge in [0.25, 0.3) is 0 Å². The van der Waals surface area contributed by atoms with Crippen LogP contribution in [-0.2, 0) is 17.3 Å². The van der Waals surface area contributed by atoms with Gasteiger partial charge in [0, 0.05) is 21.8 Å². The molecule has 0 saturated heterocycles. The van der Waals surface area contributed by atoms with Crippen molar-refractivity contribution < 1.29 is 14.1 Å². The van der Waals surface area contributed by atoms with Gasteiger partial charge in [-0.1, -0.05) is 26.0 Å². The van der Waals surface area contributed by atoms with E-state index in [1.54, 1.807) is 0 Å². The summed E-state index contributed by atoms with van der Waals surface area (Å²) in [6.45, 7) is 6.43. The third-order valence-corrected chi connectivity index (χ3v) is 4.59. The molecule has 0 fully saturated rings. The SMILES string of the molecule is CC(C)C(C)S(=O)CCn1cc(C(=O)O)nn1. The summed E-state index contributed by atoms with van der Waals surface area (Å²) >= 11 is 0. The number of aromatic carboxylic acids is 1. The average molecular weight is 259 g/mol. The number of hydrogen-bond donors (Lipinski definition) is 1. The van der Waals surface area contributed by atoms with Gasteiger partial charge in [-0.2, -0.15) is 0 Å². The molecular weight excluding hydrogens is 242 g/mol. The first kappa shape index (κ1) is 13.8. The molecule has 0 aromatic carbocycles. The molecule has 0 saturated carbocycles. The van der Waals surface area contributed by atoms with Gasteiger partial charge in [-0.25, -0.2) is 4.79 Å². The van der Waals surface area contributed by atoms with Gasteiger partial charge in [0.2, 0.25) is 0 Å². The van der Waals surface area contributed by atoms with Crippen LogP contribution in [0.2, 0.25) is 0 Å². The number of nitrogens with zero attached hydrogens (tertiary/aromatic N) is 3. The second-order valence-electron chi connectivity index (χ2n) is 4.21. The number of aromatic nitrogens is 3. The number of hydrogen-bond acceptors (Lipinski definition) is 4. The zero-order chi connectivity index (χ0) is 13.0. The van der Waals surface area contributed by atoms with E-state index in [0.29, 0.717) is 18.2 Å². The molecule has 7 heteroatoms. The third-order valence-electron chi connectivity index (χ3n) is 2.63. The monoisotopic (exact) mass is 259 g/mol. The second-order valence-corrected chi connectivity index (χ2v) is 6.12. The number of aryl methyl sites for hydroxylation is 1. The number of rotatable bonds is 6. The van der Waals surface area contributed by atoms with Crippen LogP contribution >= 0.6 is 0 Å². The molecule has 6 nitrogen and oxygen atoms in total. The van der Waals surface area contributed by atoms with Crippen molar-refractivity contribution >= 4 is 16.8 Å². The molecule has 1 heterocycles. The first-order valence-electron chi connectivity index (χ1n) is 5.42. The van der Waals surface area contributed by atoms with Gasteiger partial charge in [-0.3, -0.25) is 8.89 Å². The summed E-state index contributed by atoms with van der Waals surface area (Å²) < 4.78 is 13.2. The fourth-order valence-corrected chi connectivity index (χ4v) is 2.52. The Morgan fingerprint density at radius 3 is 2.65 bits per heavy atom. The second kappa shape index (κ2) is 5.90. The van der Waals surface area contributed by atoms with Crippen LogP contribution in [0.3, 0.4) is 0 Å². The zero-order valence-corrected chi connectivity index (χ0v) is 11.0. The highest BCUT2D eigenvalue weighted by atomic mass is 32.2. The van der Waals surface area contributed by atoms with E-state index < -0.39 is 16.8 Å². The highest BCUT2D eigenvalue weighted by Gasteiger charge is 2.15. The van der Waals surface area contributed by atoms with Gasteiger partial charge in [0.15, 0.2) is 5.69 Å². The first-order chi connectivity index (χ1) is 7.91. The van der Waals surface area contributed by atoms with E-state index >= 15 is 0 Å². The molecule has 1 aromatic rings. The highest BCUT2D eigenvalue weighted by Crippen LogP contribution is 2.08. The smallest absolute Gasteiger partial charge is 0.358 e. The van der Waals surface area contributed by atoms with Crippen molar-refractivity contribution in [3.63, 3.8) is 0 Å². The van der Waals surface area contributed by atoms with Crippen molar-refractivity contribution in [1.82, 2.24) is 15.0 Å². The molecule has 0 aliphatic carbocycles. The summed E-state index contributed by atoms with van der Waals surface area (Å²) in [5.74, 6) is -0.282. The maximum absolute atomic E-state index is 11.8. The van der Waals surface area contributed by atoms with Gasteiger partial charge in [0.05, 0.1) is 12.7 Å². The van der Waals surface area contributed by atoms with E-state index in [1.165, 1.54) is 10.9 Å². The largest absolute Gasteiger partial charge is 0.476 e. The predicted octanol–water partition coefficient (Wildman–Crippen LogP) is 0.770. The van der Waals surface area contributed by atoms with Crippen molar-refractivity contribution in [3.05, 3.63) is 11.9 Å². The van der Waals surface area contributed by atoms with E-state index in [2.05, 4.69) is 10.3 Å². The van der Waals surface area contributed by atoms with Gasteiger partial charge >= 0.3 is 5.97 Å². The summed E-state index contributed by atoms with van der Waals surface area (Å²) in [6, 6.07) is 0. The molecule has 0 aliphatic heterocycles. The highest BCUT2D eigenvalue weighted by molar-refractivity contribution is 7.85. The van der Waals surface area contributed by atoms with Crippen molar-refractivity contribution in [3.8, 4) is 0 Å². The first-order valence-corrected chi connectivity index (χ1v) is 6.80. The Kier molecular flexibility index (Phi) is 4.80. The van der Waals surface area contributed by atoms with Gasteiger partial charge in [-0.15, -0.1) is 5.10 Å². The standard InChI is InChI=1S/C10H17N3O3S/c1-7(2)8(3)17(16)5-4-13-6-9(10(14)15)11-12-13/h6-8H,4-5H2,1-3H3,(H,14,15). The summed E-state index contributed by atoms with van der Waals surface area (Å²) in [7, 11) is -0.933. The minimum atomic E-state index is -1.10. The molecule has 1 aromatic heterocycles. The topological polar surface area (TPSA) is 85.1 Å². The fourth-order valence-electron chi connectivity index (χ4n) is 1.18. The third kappa shape index (κ3) is 3.92. The summed E-state index contributed by atoms with van der Waals surface area (Å²) in [4.78, 5) is 10.6. The molecule has 17 heavy (non-hydrogen) atoms. The van der Waals surface area contributed by atoms with E-state index in [-0.39, 0.29) is 10.9 Å². The van der Waals surface area contributed by atoms with Crippen molar-refractivity contribution in [2.45, 2.75) is 32.6 Å². The minimum absolute atomic E-state index is 0.0901. The van der Waals surface area contributed by atoms with E-state index in [9.17, 15) is 9.00 Å². The molecule has 0 spiro atoms. The van der Waals surface area contributed by atoms with Crippen LogP contribution < -0.4 is 0 Å².